The zero-order chi connectivity index (χ0) is 104. The number of Topliss-reactive ketones (excluding diaryl/α,β-unsaturated/α-hetero) is 7. The fourth-order valence-corrected chi connectivity index (χ4v) is 21.2. The number of anilines is 5. The number of allylic oxidation sites excluding steroid dienone is 1. The van der Waals surface area contributed by atoms with Gasteiger partial charge in [-0.05, 0) is 301 Å². The third-order valence-corrected chi connectivity index (χ3v) is 29.3. The Morgan fingerprint density at radius 2 is 0.685 bits per heavy atom. The highest BCUT2D eigenvalue weighted by atomic mass is 79.9. The van der Waals surface area contributed by atoms with Crippen molar-refractivity contribution in [2.45, 2.75) is 230 Å². The van der Waals surface area contributed by atoms with Gasteiger partial charge in [0.05, 0.1) is 58.7 Å². The van der Waals surface area contributed by atoms with Gasteiger partial charge in [-0.2, -0.15) is 8.42 Å². The summed E-state index contributed by atoms with van der Waals surface area (Å²) in [4.78, 5) is 162. The summed E-state index contributed by atoms with van der Waals surface area (Å²) < 4.78 is 55.8. The average Bonchev–Trinajstić information content (AvgIpc) is 1.66. The highest BCUT2D eigenvalue weighted by Gasteiger charge is 2.39. The van der Waals surface area contributed by atoms with Crippen LogP contribution in [0.5, 0.6) is 0 Å². The number of nitrogens with one attached hydrogen (secondary N) is 1. The van der Waals surface area contributed by atoms with Gasteiger partial charge in [0.25, 0.3) is 10.1 Å². The van der Waals surface area contributed by atoms with Crippen molar-refractivity contribution in [2.75, 3.05) is 96.3 Å². The van der Waals surface area contributed by atoms with Crippen LogP contribution in [0.25, 0.3) is 16.0 Å². The second kappa shape index (κ2) is 51.8. The molecule has 0 spiro atoms. The highest BCUT2D eigenvalue weighted by Crippen LogP contribution is 2.38. The van der Waals surface area contributed by atoms with Crippen molar-refractivity contribution < 1.29 is 104 Å². The van der Waals surface area contributed by atoms with Crippen molar-refractivity contribution in [3.05, 3.63) is 265 Å². The first-order chi connectivity index (χ1) is 70.1. The van der Waals surface area contributed by atoms with Crippen molar-refractivity contribution in [2.24, 2.45) is 10.8 Å². The number of ketones is 7. The number of cyclic esters (lactones) is 5. The molecule has 146 heavy (non-hydrogen) atoms. The van der Waals surface area contributed by atoms with Crippen LogP contribution in [0.1, 0.15) is 203 Å². The Bertz CT molecular complexity index is 6320. The number of fused-ring (bicyclic) bond motifs is 8. The van der Waals surface area contributed by atoms with Crippen LogP contribution in [0, 0.1) is 0 Å². The van der Waals surface area contributed by atoms with E-state index in [0.29, 0.717) is 128 Å². The van der Waals surface area contributed by atoms with E-state index in [4.69, 9.17) is 44.2 Å². The van der Waals surface area contributed by atoms with Crippen molar-refractivity contribution in [3.8, 4) is 0 Å². The third-order valence-electron chi connectivity index (χ3n) is 27.2. The Kier molecular flexibility index (Phi) is 38.8. The average molecular weight is 2210 g/mol. The molecule has 5 aliphatic heterocycles. The predicted molar refractivity (Wildman–Crippen MR) is 561 cm³/mol. The summed E-state index contributed by atoms with van der Waals surface area (Å²) in [6, 6.07) is 47.5. The molecule has 13 aliphatic rings. The molecule has 0 saturated carbocycles. The molecule has 8 aliphatic carbocycles. The van der Waals surface area contributed by atoms with Gasteiger partial charge in [0, 0.05) is 149 Å². The van der Waals surface area contributed by atoms with Crippen LogP contribution in [0.3, 0.4) is 0 Å². The van der Waals surface area contributed by atoms with Gasteiger partial charge in [0.2, 0.25) is 5.91 Å². The number of nitrogens with two attached hydrogens (primary N) is 1. The van der Waals surface area contributed by atoms with Crippen molar-refractivity contribution in [1.29, 1.82) is 0 Å². The molecule has 5 atom stereocenters. The van der Waals surface area contributed by atoms with Crippen LogP contribution in [-0.4, -0.2) is 193 Å². The molecule has 5 saturated heterocycles. The Balaban J connectivity index is 0.000000133. The van der Waals surface area contributed by atoms with Crippen LogP contribution in [0.2, 0.25) is 0 Å². The minimum Gasteiger partial charge on any atom is -0.444 e. The molecule has 5 fully saturated rings. The Labute approximate surface area is 874 Å². The van der Waals surface area contributed by atoms with E-state index in [2.05, 4.69) is 106 Å². The van der Waals surface area contributed by atoms with Crippen LogP contribution in [-0.2, 0) is 161 Å². The molecule has 32 nitrogen and oxygen atoms in total. The number of halogens is 3. The number of rotatable bonds is 14. The van der Waals surface area contributed by atoms with Crippen molar-refractivity contribution in [1.82, 2.24) is 5.32 Å². The highest BCUT2D eigenvalue weighted by molar-refractivity contribution is 9.11. The number of nitrogens with zero attached hydrogens (tertiary/aromatic N) is 8. The third kappa shape index (κ3) is 30.6. The molecule has 0 unspecified atom stereocenters. The van der Waals surface area contributed by atoms with Gasteiger partial charge < -0.3 is 39.8 Å². The predicted octanol–water partition coefficient (Wildman–Crippen LogP) is 18.3. The van der Waals surface area contributed by atoms with Crippen LogP contribution < -0.4 is 35.6 Å². The maximum Gasteiger partial charge on any atom is 0.414 e. The first-order valence-electron chi connectivity index (χ1n) is 49.7. The Morgan fingerprint density at radius 3 is 1.04 bits per heavy atom. The molecule has 770 valence electrons. The van der Waals surface area contributed by atoms with Crippen molar-refractivity contribution in [3.63, 3.8) is 0 Å². The van der Waals surface area contributed by atoms with Crippen LogP contribution >= 0.6 is 47.8 Å². The van der Waals surface area contributed by atoms with Gasteiger partial charge in [-0.3, -0.25) is 67.0 Å². The summed E-state index contributed by atoms with van der Waals surface area (Å²) in [6.07, 6.45) is 20.5. The largest absolute Gasteiger partial charge is 0.444 e. The van der Waals surface area contributed by atoms with Crippen LogP contribution in [0.4, 0.5) is 52.4 Å². The smallest absolute Gasteiger partial charge is 0.414 e. The fraction of sp³-hybridized carbons (Fsp3) is 0.427. The van der Waals surface area contributed by atoms with Crippen molar-refractivity contribution >= 4 is 169 Å². The molecule has 21 rings (SSSR count). The molecule has 0 bridgehead atoms. The summed E-state index contributed by atoms with van der Waals surface area (Å²) in [7, 11) is -3.58. The Hall–Kier alpha value is -12.4. The number of carbonyl (C=O) groups is 13. The van der Waals surface area contributed by atoms with Gasteiger partial charge >= 0.3 is 30.5 Å². The number of aliphatic hydroxyl groups excluding tert-OH is 1. The molecule has 36 heteroatoms. The molecular weight excluding hydrogens is 2090 g/mol. The van der Waals surface area contributed by atoms with E-state index >= 15 is 0 Å². The molecule has 0 aromatic heterocycles. The summed E-state index contributed by atoms with van der Waals surface area (Å²) in [5, 5.41) is 15.2. The zero-order valence-electron chi connectivity index (χ0n) is 82.0. The summed E-state index contributed by atoms with van der Waals surface area (Å²) in [5.74, 6) is 1.71. The van der Waals surface area contributed by atoms with Gasteiger partial charge in [-0.25, -0.2) is 24.0 Å². The minimum atomic E-state index is -3.58. The fourth-order valence-electron chi connectivity index (χ4n) is 19.7. The second-order valence-corrected chi connectivity index (χ2v) is 42.7. The molecule has 5 heterocycles. The molecular formula is C110H121Br3N10O22S. The van der Waals surface area contributed by atoms with Gasteiger partial charge in [0.15, 0.2) is 5.78 Å². The number of carbonyl (C=O) groups excluding carboxylic acids is 13. The lowest BCUT2D eigenvalue weighted by Gasteiger charge is -2.17. The lowest BCUT2D eigenvalue weighted by Crippen LogP contribution is -2.33. The molecule has 0 radical (unpaired) electrons. The summed E-state index contributed by atoms with van der Waals surface area (Å²) >= 11 is 10.3. The number of aryl methyl sites for hydroxylation is 8. The number of hydrogen-bond acceptors (Lipinski definition) is 24. The molecule has 8 aromatic carbocycles. The van der Waals surface area contributed by atoms with E-state index in [9.17, 15) is 70.7 Å². The number of aliphatic hydroxyl groups is 1. The van der Waals surface area contributed by atoms with Gasteiger partial charge in [-0.15, -0.1) is 0 Å². The maximum atomic E-state index is 12.1. The lowest BCUT2D eigenvalue weighted by molar-refractivity contribution is -0.120. The van der Waals surface area contributed by atoms with E-state index in [1.807, 2.05) is 109 Å². The zero-order valence-corrected chi connectivity index (χ0v) is 87.5. The lowest BCUT2D eigenvalue weighted by atomic mass is 9.88. The van der Waals surface area contributed by atoms with E-state index < -0.39 is 52.8 Å². The number of ether oxygens (including phenoxy) is 5. The van der Waals surface area contributed by atoms with Crippen LogP contribution in [0.15, 0.2) is 171 Å². The molecule has 6 amide bonds. The summed E-state index contributed by atoms with van der Waals surface area (Å²) in [5.41, 5.74) is 37.1. The number of amides is 6. The first-order valence-corrected chi connectivity index (χ1v) is 53.9. The molecule has 4 N–H and O–H groups in total. The SMILES string of the molecule is C=C1CCCc2ccc(Br)cc21.CC(=O)NC[C@H]1CN(c2ccc3c(c2)CC(=O)CCC3)C(=O)O1.CS(=O)(=O)OC[C@H]1CN(c2ccc3c(c2)CC(=O)CCC3)C(=O)O1.NC[C@H]1CN(c2ccc3c(c2)CC(=O)CCC3)C(=O)O1.O=C1CCCc2ccc(Br)cc21.O=C1CCCc2ccc(Br)cc2C1.O=C1CCCc2ccc(N3C[C@H](CO)OC3=O)cc2C1.[N-]=[N+]=NC[C@H]1CN(c2ccc3c(c2)CC(=O)CCC3)C(=O)O1. The van der Waals surface area contributed by atoms with E-state index in [1.54, 1.807) is 9.80 Å². The topological polar surface area (TPSA) is 435 Å². The van der Waals surface area contributed by atoms with E-state index in [-0.39, 0.29) is 85.2 Å². The quantitative estimate of drug-likeness (QED) is 0.0227. The standard InChI is InChI=1S/C17H20N2O4.C16H19NO6S.C15H16N4O3.C15H18N2O3.C15H17NO4.C11H11BrO.C11H11Br.C10H9BrO/c1-11(20)18-9-16-10-19(17(22)23-16)14-6-5-12-3-2-4-15(21)8-13(12)7-14;1-24(20,21)22-10-15-9-17(16(19)23-15)13-6-5-11-3-2-4-14(18)8-12(11)7-13;16-18-17-8-14-9-19(15(21)22-14)12-5-4-10-2-1-3-13(20)7-11(10)6-12;16-8-14-9-17(15(19)20-14)12-5-4-10-2-1-3-13(18)7-11(10)6-12;17-9-14-8-16(15(19)20-14)12-5-4-10-2-1-3-13(18)7-11(10)6-12;12-10-5-4-8-2-1-3-11(13)7-9(8)6-10;1-8-3-2-4-9-5-6-10(12)7-11(8)9;11-8-5-4-7-2-1-3-10(12)9(7)6-8/h5-7,16H,2-4,8-10H2,1H3,(H,18,20);5-7,15H,2-4,8-10H2,1H3;4-6,14H,1-3,7-9H2;4-6,14H,1-3,7-9,16H2;4-6,14,17H,1-3,7-9H2;4-6H,1-3,7H2;5-7H,1-4H2;4-6H,1-3H2/t16-;15-;3*14-;;;/m01001.../s1. The van der Waals surface area contributed by atoms with Gasteiger partial charge in [-0.1, -0.05) is 108 Å². The second-order valence-electron chi connectivity index (χ2n) is 38.3. The molecule has 8 aromatic rings. The van der Waals surface area contributed by atoms with E-state index in [1.165, 1.54) is 90.1 Å². The normalized spacial score (nSPS) is 20.2. The number of hydrogen-bond donors (Lipinski definition) is 3. The number of benzene rings is 8. The first kappa shape index (κ1) is 109. The van der Waals surface area contributed by atoms with E-state index in [0.717, 1.165) is 184 Å². The maximum absolute atomic E-state index is 12.1. The summed E-state index contributed by atoms with van der Waals surface area (Å²) in [6.45, 7) is 7.66. The Morgan fingerprint density at radius 1 is 0.397 bits per heavy atom. The number of azide groups is 1. The monoisotopic (exact) mass is 2200 g/mol. The van der Waals surface area contributed by atoms with Gasteiger partial charge in [0.1, 0.15) is 71.8 Å². The minimum absolute atomic E-state index is 0.127.